The van der Waals surface area contributed by atoms with Crippen LogP contribution in [0.2, 0.25) is 0 Å². The minimum atomic E-state index is -0.189. The fourth-order valence-corrected chi connectivity index (χ4v) is 5.69. The number of likely N-dealkylation sites (tertiary alicyclic amines) is 2. The summed E-state index contributed by atoms with van der Waals surface area (Å²) in [5.74, 6) is 2.13. The monoisotopic (exact) mass is 441 g/mol. The molecule has 3 rings (SSSR count). The molecule has 3 aliphatic rings. The van der Waals surface area contributed by atoms with Crippen molar-refractivity contribution in [1.82, 2.24) is 19.6 Å². The van der Waals surface area contributed by atoms with Gasteiger partial charge in [0.25, 0.3) is 0 Å². The minimum absolute atomic E-state index is 0.00126. The molecule has 0 radical (unpaired) electrons. The number of rotatable bonds is 8. The first-order valence-corrected chi connectivity index (χ1v) is 12.2. The van der Waals surface area contributed by atoms with Gasteiger partial charge in [-0.2, -0.15) is 10.5 Å². The molecule has 8 nitrogen and oxygen atoms in total. The fourth-order valence-electron chi connectivity index (χ4n) is 5.69. The third kappa shape index (κ3) is 6.37. The molecule has 0 aromatic heterocycles. The molecule has 32 heavy (non-hydrogen) atoms. The summed E-state index contributed by atoms with van der Waals surface area (Å²) in [4.78, 5) is 20.8. The highest BCUT2D eigenvalue weighted by molar-refractivity contribution is 5.76. The summed E-state index contributed by atoms with van der Waals surface area (Å²) in [6.45, 7) is 14.1. The number of piperidine rings is 2. The zero-order valence-electron chi connectivity index (χ0n) is 19.8. The number of primary amides is 1. The van der Waals surface area contributed by atoms with Gasteiger partial charge in [0.1, 0.15) is 18.0 Å². The van der Waals surface area contributed by atoms with Crippen LogP contribution in [0.4, 0.5) is 0 Å². The zero-order valence-corrected chi connectivity index (χ0v) is 19.8. The summed E-state index contributed by atoms with van der Waals surface area (Å²) in [7, 11) is 0. The maximum Gasteiger partial charge on any atom is 0.220 e. The predicted molar refractivity (Wildman–Crippen MR) is 124 cm³/mol. The third-order valence-electron chi connectivity index (χ3n) is 7.21. The molecule has 3 aliphatic heterocycles. The molecule has 2 N–H and O–H groups in total. The van der Waals surface area contributed by atoms with Crippen LogP contribution in [0.1, 0.15) is 39.5 Å². The normalized spacial score (nSPS) is 25.6. The van der Waals surface area contributed by atoms with Crippen LogP contribution in [0.15, 0.2) is 11.4 Å². The molecule has 0 aromatic rings. The summed E-state index contributed by atoms with van der Waals surface area (Å²) in [5, 5.41) is 19.1. The van der Waals surface area contributed by atoms with Gasteiger partial charge in [0.15, 0.2) is 5.57 Å². The van der Waals surface area contributed by atoms with Crippen LogP contribution < -0.4 is 5.73 Å². The first-order valence-electron chi connectivity index (χ1n) is 12.2. The largest absolute Gasteiger partial charge is 0.369 e. The van der Waals surface area contributed by atoms with Gasteiger partial charge in [-0.15, -0.1) is 0 Å². The van der Waals surface area contributed by atoms with Gasteiger partial charge in [-0.1, -0.05) is 13.8 Å². The van der Waals surface area contributed by atoms with E-state index in [4.69, 9.17) is 5.73 Å². The summed E-state index contributed by atoms with van der Waals surface area (Å²) in [6.07, 6.45) is 4.00. The number of carbonyl (C=O) groups is 1. The number of nitriles is 2. The first kappa shape index (κ1) is 24.4. The Bertz CT molecular complexity index is 733. The molecule has 2 atom stereocenters. The average molecular weight is 442 g/mol. The van der Waals surface area contributed by atoms with Crippen molar-refractivity contribution in [2.24, 2.45) is 23.5 Å². The second kappa shape index (κ2) is 11.5. The maximum absolute atomic E-state index is 11.4. The molecular weight excluding hydrogens is 402 g/mol. The van der Waals surface area contributed by atoms with E-state index in [1.165, 1.54) is 19.5 Å². The summed E-state index contributed by atoms with van der Waals surface area (Å²) < 4.78 is 0. The summed E-state index contributed by atoms with van der Waals surface area (Å²) in [6, 6.07) is 4.24. The second-order valence-corrected chi connectivity index (χ2v) is 9.97. The third-order valence-corrected chi connectivity index (χ3v) is 7.21. The molecular formula is C24H39N7O. The molecule has 0 aliphatic carbocycles. The molecule has 176 valence electrons. The van der Waals surface area contributed by atoms with Gasteiger partial charge in [-0.3, -0.25) is 4.79 Å². The summed E-state index contributed by atoms with van der Waals surface area (Å²) in [5.41, 5.74) is 5.66. The lowest BCUT2D eigenvalue weighted by atomic mass is 9.92. The minimum Gasteiger partial charge on any atom is -0.369 e. The van der Waals surface area contributed by atoms with Crippen molar-refractivity contribution in [3.05, 3.63) is 11.4 Å². The quantitative estimate of drug-likeness (QED) is 0.568. The van der Waals surface area contributed by atoms with E-state index in [0.29, 0.717) is 0 Å². The van der Waals surface area contributed by atoms with Crippen LogP contribution in [0.3, 0.4) is 0 Å². The molecule has 3 saturated heterocycles. The lowest BCUT2D eigenvalue weighted by Gasteiger charge is -2.35. The number of allylic oxidation sites excluding steroid dienone is 1. The van der Waals surface area contributed by atoms with Gasteiger partial charge in [-0.25, -0.2) is 0 Å². The summed E-state index contributed by atoms with van der Waals surface area (Å²) >= 11 is 0. The van der Waals surface area contributed by atoms with E-state index in [9.17, 15) is 15.3 Å². The highest BCUT2D eigenvalue weighted by atomic mass is 16.1. The van der Waals surface area contributed by atoms with Crippen molar-refractivity contribution >= 4 is 5.91 Å². The Labute approximate surface area is 193 Å². The lowest BCUT2D eigenvalue weighted by molar-refractivity contribution is -0.123. The molecule has 0 spiro atoms. The van der Waals surface area contributed by atoms with Crippen molar-refractivity contribution in [3.63, 3.8) is 0 Å². The number of nitrogens with two attached hydrogens (primary N) is 1. The van der Waals surface area contributed by atoms with Gasteiger partial charge in [0.2, 0.25) is 5.91 Å². The van der Waals surface area contributed by atoms with Crippen molar-refractivity contribution in [3.8, 4) is 12.1 Å². The van der Waals surface area contributed by atoms with Crippen LogP contribution in [0.25, 0.3) is 0 Å². The molecule has 1 amide bonds. The van der Waals surface area contributed by atoms with Crippen LogP contribution in [0.5, 0.6) is 0 Å². The van der Waals surface area contributed by atoms with Crippen LogP contribution >= 0.6 is 0 Å². The smallest absolute Gasteiger partial charge is 0.220 e. The Morgan fingerprint density at radius 1 is 0.906 bits per heavy atom. The molecule has 3 fully saturated rings. The Balaban J connectivity index is 1.52. The van der Waals surface area contributed by atoms with Crippen molar-refractivity contribution in [2.45, 2.75) is 39.5 Å². The Kier molecular flexibility index (Phi) is 8.78. The number of nitrogens with zero attached hydrogens (tertiary/aromatic N) is 6. The van der Waals surface area contributed by atoms with Gasteiger partial charge in [0, 0.05) is 51.7 Å². The van der Waals surface area contributed by atoms with Crippen LogP contribution in [-0.2, 0) is 4.79 Å². The molecule has 0 bridgehead atoms. The van der Waals surface area contributed by atoms with E-state index in [0.717, 1.165) is 89.3 Å². The Morgan fingerprint density at radius 3 is 2.06 bits per heavy atom. The van der Waals surface area contributed by atoms with E-state index in [1.54, 1.807) is 0 Å². The topological polar surface area (TPSA) is 104 Å². The highest BCUT2D eigenvalue weighted by Gasteiger charge is 2.30. The fraction of sp³-hybridized carbons (Fsp3) is 0.792. The highest BCUT2D eigenvalue weighted by Crippen LogP contribution is 2.24. The predicted octanol–water partition coefficient (Wildman–Crippen LogP) is 1.43. The van der Waals surface area contributed by atoms with Gasteiger partial charge in [0.05, 0.1) is 0 Å². The Hall–Kier alpha value is -2.29. The number of hydrogen-bond donors (Lipinski definition) is 1. The van der Waals surface area contributed by atoms with E-state index >= 15 is 0 Å². The molecule has 8 heteroatoms. The van der Waals surface area contributed by atoms with Crippen molar-refractivity contribution in [1.29, 1.82) is 10.5 Å². The zero-order chi connectivity index (χ0) is 23.1. The lowest BCUT2D eigenvalue weighted by Crippen LogP contribution is -2.42. The van der Waals surface area contributed by atoms with Crippen LogP contribution in [0, 0.1) is 40.4 Å². The van der Waals surface area contributed by atoms with Crippen molar-refractivity contribution < 1.29 is 4.79 Å². The van der Waals surface area contributed by atoms with Gasteiger partial charge >= 0.3 is 0 Å². The first-order chi connectivity index (χ1) is 15.4. The van der Waals surface area contributed by atoms with Gasteiger partial charge < -0.3 is 25.3 Å². The Morgan fingerprint density at radius 2 is 1.50 bits per heavy atom. The SMILES string of the molecule is CC1CC(C)CN(CCCN2CCN(CCN3CCC(C(N)=O)CC3)C2=C(C#N)C#N)C1. The number of carbonyl (C=O) groups excluding carboxylic acids is 1. The average Bonchev–Trinajstić information content (AvgIpc) is 3.15. The van der Waals surface area contributed by atoms with Crippen molar-refractivity contribution in [2.75, 3.05) is 65.4 Å². The molecule has 0 aromatic carbocycles. The number of amides is 1. The van der Waals surface area contributed by atoms with Gasteiger partial charge in [-0.05, 0) is 57.2 Å². The van der Waals surface area contributed by atoms with E-state index in [2.05, 4.69) is 45.6 Å². The number of hydrogen-bond acceptors (Lipinski definition) is 7. The molecule has 3 heterocycles. The van der Waals surface area contributed by atoms with E-state index in [-0.39, 0.29) is 17.4 Å². The van der Waals surface area contributed by atoms with Crippen LogP contribution in [-0.4, -0.2) is 91.0 Å². The maximum atomic E-state index is 11.4. The molecule has 0 saturated carbocycles. The standard InChI is InChI=1S/C24H39N7O/c1-19-14-20(2)18-29(17-19)6-3-7-30-12-13-31(24(30)22(15-25)16-26)11-10-28-8-4-21(5-9-28)23(27)32/h19-21H,3-14,17-18H2,1-2H3,(H2,27,32). The molecule has 2 unspecified atom stereocenters. The van der Waals surface area contributed by atoms with E-state index < -0.39 is 0 Å². The van der Waals surface area contributed by atoms with E-state index in [1.807, 2.05) is 0 Å². The second-order valence-electron chi connectivity index (χ2n) is 9.97.